The number of benzene rings is 4. The zero-order chi connectivity index (χ0) is 37.8. The van der Waals surface area contributed by atoms with Crippen LogP contribution in [0.3, 0.4) is 0 Å². The van der Waals surface area contributed by atoms with Gasteiger partial charge < -0.3 is 29.7 Å². The number of aromatic nitrogens is 1. The summed E-state index contributed by atoms with van der Waals surface area (Å²) in [5.41, 5.74) is 8.84. The summed E-state index contributed by atoms with van der Waals surface area (Å²) in [5, 5.41) is 5.99. The molecule has 55 heavy (non-hydrogen) atoms. The molecule has 0 aliphatic carbocycles. The zero-order valence-corrected chi connectivity index (χ0v) is 32.6. The van der Waals surface area contributed by atoms with Gasteiger partial charge in [0.2, 0.25) is 0 Å². The predicted octanol–water partition coefficient (Wildman–Crippen LogP) is 11.0. The number of carbonyl (C=O) groups is 2. The van der Waals surface area contributed by atoms with E-state index in [0.717, 1.165) is 95.4 Å². The summed E-state index contributed by atoms with van der Waals surface area (Å²) >= 11 is 19.9. The molecule has 5 heterocycles. The third kappa shape index (κ3) is 6.54. The van der Waals surface area contributed by atoms with Gasteiger partial charge in [-0.05, 0) is 96.3 Å². The molecule has 4 aromatic carbocycles. The first-order chi connectivity index (χ1) is 26.7. The smallest absolute Gasteiger partial charge is 0.410 e. The Morgan fingerprint density at radius 2 is 1.65 bits per heavy atom. The molecule has 5 aromatic rings. The number of aromatic amines is 1. The molecule has 4 aliphatic rings. The van der Waals surface area contributed by atoms with E-state index in [0.29, 0.717) is 33.1 Å². The maximum Gasteiger partial charge on any atom is 0.410 e. The molecular formula is C44H40Cl3N5O3. The number of rotatable bonds is 6. The van der Waals surface area contributed by atoms with Crippen LogP contribution in [0.15, 0.2) is 97.2 Å². The summed E-state index contributed by atoms with van der Waals surface area (Å²) < 4.78 is 5.33. The van der Waals surface area contributed by atoms with E-state index in [1.165, 1.54) is 0 Å². The van der Waals surface area contributed by atoms with Crippen LogP contribution in [-0.4, -0.2) is 59.1 Å². The highest BCUT2D eigenvalue weighted by molar-refractivity contribution is 6.32. The molecule has 4 aliphatic heterocycles. The first-order valence-electron chi connectivity index (χ1n) is 18.9. The number of cyclic esters (lactones) is 1. The molecule has 2 fully saturated rings. The molecule has 0 radical (unpaired) electrons. The number of nitrogens with zero attached hydrogens (tertiary/aromatic N) is 3. The first kappa shape index (κ1) is 35.8. The lowest BCUT2D eigenvalue weighted by Crippen LogP contribution is -2.50. The van der Waals surface area contributed by atoms with Crippen molar-refractivity contribution >= 4 is 80.4 Å². The quantitative estimate of drug-likeness (QED) is 0.179. The number of halogens is 3. The fourth-order valence-electron chi connectivity index (χ4n) is 8.93. The predicted molar refractivity (Wildman–Crippen MR) is 222 cm³/mol. The number of H-pyrrole nitrogens is 1. The van der Waals surface area contributed by atoms with Crippen molar-refractivity contribution in [2.24, 2.45) is 5.92 Å². The average Bonchev–Trinajstić information content (AvgIpc) is 3.48. The molecule has 2 unspecified atom stereocenters. The Morgan fingerprint density at radius 3 is 2.42 bits per heavy atom. The maximum atomic E-state index is 14.9. The van der Waals surface area contributed by atoms with E-state index in [2.05, 4.69) is 75.7 Å². The number of ether oxygens (including phenoxy) is 1. The van der Waals surface area contributed by atoms with Gasteiger partial charge in [0.25, 0.3) is 5.91 Å². The minimum atomic E-state index is -0.284. The molecule has 1 aromatic heterocycles. The second kappa shape index (κ2) is 14.6. The second-order valence-corrected chi connectivity index (χ2v) is 16.1. The van der Waals surface area contributed by atoms with Crippen LogP contribution in [0, 0.1) is 5.92 Å². The summed E-state index contributed by atoms with van der Waals surface area (Å²) in [6.45, 7) is 4.89. The second-order valence-electron chi connectivity index (χ2n) is 14.8. The molecule has 11 heteroatoms. The molecule has 2 amide bonds. The highest BCUT2D eigenvalue weighted by Crippen LogP contribution is 2.53. The molecule has 2 saturated heterocycles. The van der Waals surface area contributed by atoms with E-state index in [4.69, 9.17) is 39.5 Å². The van der Waals surface area contributed by atoms with E-state index in [-0.39, 0.29) is 30.0 Å². The largest absolute Gasteiger partial charge is 0.449 e. The molecule has 2 atom stereocenters. The molecule has 2 N–H and O–H groups in total. The number of hydrogen-bond acceptors (Lipinski definition) is 5. The fraction of sp³-hybridized carbons (Fsp3) is 0.273. The van der Waals surface area contributed by atoms with Gasteiger partial charge in [0.1, 0.15) is 5.69 Å². The van der Waals surface area contributed by atoms with Gasteiger partial charge >= 0.3 is 6.09 Å². The highest BCUT2D eigenvalue weighted by Gasteiger charge is 2.40. The van der Waals surface area contributed by atoms with Crippen molar-refractivity contribution in [1.82, 2.24) is 14.8 Å². The number of carbonyl (C=O) groups excluding carboxylic acids is 2. The summed E-state index contributed by atoms with van der Waals surface area (Å²) in [7, 11) is 0. The summed E-state index contributed by atoms with van der Waals surface area (Å²) in [6.07, 6.45) is 7.43. The topological polar surface area (TPSA) is 80.9 Å². The molecule has 0 saturated carbocycles. The Morgan fingerprint density at radius 1 is 0.891 bits per heavy atom. The number of nitrogens with one attached hydrogen (secondary N) is 2. The lowest BCUT2D eigenvalue weighted by Gasteiger charge is -2.40. The number of fused-ring (bicyclic) bond motifs is 2. The number of anilines is 2. The third-order valence-corrected chi connectivity index (χ3v) is 12.1. The van der Waals surface area contributed by atoms with Crippen LogP contribution in [0.1, 0.15) is 71.4 Å². The van der Waals surface area contributed by atoms with Crippen molar-refractivity contribution in [1.29, 1.82) is 0 Å². The van der Waals surface area contributed by atoms with Crippen LogP contribution in [0.4, 0.5) is 16.2 Å². The number of hydrogen-bond donors (Lipinski definition) is 2. The van der Waals surface area contributed by atoms with E-state index in [9.17, 15) is 9.59 Å². The van der Waals surface area contributed by atoms with Crippen LogP contribution in [0.2, 0.25) is 15.1 Å². The standard InChI is InChI=1S/C44H40Cl3N5O3/c1-26-7-5-18-52-41(28-10-12-29(45)13-11-28)33-23-31(47)25-35-38(33)39(42(52)37(26)27-8-3-2-4-9-27)40(48-35)43(53)49-34-24-30(46)14-15-36(34)50-20-16-32(17-21-50)51-19-6-22-55-44(51)54/h2-5,8-15,18,23-26,32,41,48H,6-7,16-17,19-22H2,1H3,(H,49,53). The number of piperidine rings is 1. The Balaban J connectivity index is 1.16. The van der Waals surface area contributed by atoms with Crippen LogP contribution >= 0.6 is 34.8 Å². The third-order valence-electron chi connectivity index (χ3n) is 11.4. The normalized spacial score (nSPS) is 20.1. The Labute approximate surface area is 335 Å². The maximum absolute atomic E-state index is 14.9. The van der Waals surface area contributed by atoms with Crippen molar-refractivity contribution in [2.75, 3.05) is 36.5 Å². The van der Waals surface area contributed by atoms with E-state index >= 15 is 0 Å². The SMILES string of the molecule is CC1CC=CN2C(=C1c1ccccc1)c1c(C(=O)Nc3cc(Cl)ccc3N3CCC(N4CCCOC4=O)CC3)[nH]c3cc(Cl)cc(c13)C2c1ccc(Cl)cc1. The van der Waals surface area contributed by atoms with Gasteiger partial charge in [-0.3, -0.25) is 4.79 Å². The number of amides is 2. The Bertz CT molecular complexity index is 2370. The van der Waals surface area contributed by atoms with Gasteiger partial charge in [0.15, 0.2) is 0 Å². The molecule has 9 rings (SSSR count). The first-order valence-corrected chi connectivity index (χ1v) is 20.0. The fourth-order valence-corrected chi connectivity index (χ4v) is 9.46. The van der Waals surface area contributed by atoms with Gasteiger partial charge in [0, 0.05) is 63.4 Å². The zero-order valence-electron chi connectivity index (χ0n) is 30.3. The van der Waals surface area contributed by atoms with Crippen LogP contribution in [0.25, 0.3) is 22.2 Å². The summed E-state index contributed by atoms with van der Waals surface area (Å²) in [6, 6.07) is 27.9. The van der Waals surface area contributed by atoms with E-state index in [1.807, 2.05) is 53.4 Å². The molecular weight excluding hydrogens is 753 g/mol. The van der Waals surface area contributed by atoms with Gasteiger partial charge in [-0.15, -0.1) is 0 Å². The molecule has 280 valence electrons. The lowest BCUT2D eigenvalue weighted by molar-refractivity contribution is 0.0499. The minimum absolute atomic E-state index is 0.123. The van der Waals surface area contributed by atoms with Crippen molar-refractivity contribution in [2.45, 2.75) is 44.7 Å². The van der Waals surface area contributed by atoms with Crippen molar-refractivity contribution in [3.63, 3.8) is 0 Å². The van der Waals surface area contributed by atoms with Crippen molar-refractivity contribution < 1.29 is 14.3 Å². The number of allylic oxidation sites excluding steroid dienone is 2. The Hall–Kier alpha value is -4.89. The molecule has 0 bridgehead atoms. The Kier molecular flexibility index (Phi) is 9.53. The molecule has 0 spiro atoms. The van der Waals surface area contributed by atoms with Crippen LogP contribution in [0.5, 0.6) is 0 Å². The van der Waals surface area contributed by atoms with Gasteiger partial charge in [0.05, 0.1) is 29.7 Å². The van der Waals surface area contributed by atoms with Crippen molar-refractivity contribution in [3.05, 3.63) is 140 Å². The van der Waals surface area contributed by atoms with E-state index < -0.39 is 0 Å². The summed E-state index contributed by atoms with van der Waals surface area (Å²) in [4.78, 5) is 37.4. The van der Waals surface area contributed by atoms with Crippen LogP contribution in [-0.2, 0) is 4.74 Å². The van der Waals surface area contributed by atoms with Crippen molar-refractivity contribution in [3.8, 4) is 0 Å². The van der Waals surface area contributed by atoms with Gasteiger partial charge in [-0.1, -0.05) is 90.3 Å². The van der Waals surface area contributed by atoms with E-state index in [1.54, 1.807) is 0 Å². The highest BCUT2D eigenvalue weighted by atomic mass is 35.5. The summed E-state index contributed by atoms with van der Waals surface area (Å²) in [5.74, 6) is -0.137. The monoisotopic (exact) mass is 791 g/mol. The average molecular weight is 793 g/mol. The minimum Gasteiger partial charge on any atom is -0.449 e. The van der Waals surface area contributed by atoms with Crippen LogP contribution < -0.4 is 10.2 Å². The van der Waals surface area contributed by atoms with Gasteiger partial charge in [-0.2, -0.15) is 0 Å². The van der Waals surface area contributed by atoms with Gasteiger partial charge in [-0.25, -0.2) is 4.79 Å². The molecule has 8 nitrogen and oxygen atoms in total. The lowest BCUT2D eigenvalue weighted by atomic mass is 9.82.